The number of anilines is 1. The summed E-state index contributed by atoms with van der Waals surface area (Å²) in [5, 5.41) is 0.882. The van der Waals surface area contributed by atoms with E-state index in [-0.39, 0.29) is 32.2 Å². The van der Waals surface area contributed by atoms with E-state index < -0.39 is 46.3 Å². The number of carbonyl (C=O) groups excluding carboxylic acids is 1. The first kappa shape index (κ1) is 22.5. The summed E-state index contributed by atoms with van der Waals surface area (Å²) in [6, 6.07) is 1.90. The van der Waals surface area contributed by atoms with E-state index in [1.54, 1.807) is 6.20 Å². The summed E-state index contributed by atoms with van der Waals surface area (Å²) < 4.78 is 56.5. The van der Waals surface area contributed by atoms with Crippen molar-refractivity contribution in [3.8, 4) is 0 Å². The Morgan fingerprint density at radius 2 is 1.88 bits per heavy atom. The Hall–Kier alpha value is -2.34. The van der Waals surface area contributed by atoms with Gasteiger partial charge in [0.15, 0.2) is 0 Å². The molecule has 2 aromatic heterocycles. The molecule has 3 fully saturated rings. The molecule has 5 rings (SSSR count). The van der Waals surface area contributed by atoms with Crippen LogP contribution in [-0.4, -0.2) is 72.1 Å². The van der Waals surface area contributed by atoms with E-state index in [9.17, 15) is 22.0 Å². The lowest BCUT2D eigenvalue weighted by molar-refractivity contribution is -0.125. The fourth-order valence-electron chi connectivity index (χ4n) is 5.24. The van der Waals surface area contributed by atoms with Gasteiger partial charge >= 0.3 is 10.2 Å². The van der Waals surface area contributed by atoms with Crippen LogP contribution in [0.15, 0.2) is 18.6 Å². The molecule has 12 heteroatoms. The van der Waals surface area contributed by atoms with E-state index in [0.29, 0.717) is 25.9 Å². The number of halogens is 2. The van der Waals surface area contributed by atoms with Crippen LogP contribution >= 0.6 is 0 Å². The Balaban J connectivity index is 1.26. The van der Waals surface area contributed by atoms with Crippen LogP contribution in [-0.2, 0) is 15.0 Å². The number of nitrogens with zero attached hydrogens (tertiary/aromatic N) is 4. The molecule has 0 unspecified atom stereocenters. The summed E-state index contributed by atoms with van der Waals surface area (Å²) >= 11 is 0. The quantitative estimate of drug-likeness (QED) is 0.652. The van der Waals surface area contributed by atoms with E-state index in [1.165, 1.54) is 10.6 Å². The largest absolute Gasteiger partial charge is 0.353 e. The molecule has 0 atom stereocenters. The van der Waals surface area contributed by atoms with Crippen LogP contribution in [0.25, 0.3) is 11.0 Å². The van der Waals surface area contributed by atoms with Gasteiger partial charge in [-0.1, -0.05) is 0 Å². The molecular formula is C21H28F2N6O3S. The zero-order valence-electron chi connectivity index (χ0n) is 18.3. The molecule has 1 aliphatic heterocycles. The number of aromatic nitrogens is 3. The molecule has 0 bridgehead atoms. The number of hydrogen-bond donors (Lipinski definition) is 2. The van der Waals surface area contributed by atoms with Crippen molar-refractivity contribution in [2.45, 2.75) is 44.1 Å². The molecule has 180 valence electrons. The number of piperazine rings is 1. The minimum absolute atomic E-state index is 0.232. The monoisotopic (exact) mass is 482 g/mol. The van der Waals surface area contributed by atoms with Gasteiger partial charge < -0.3 is 9.88 Å². The lowest BCUT2D eigenvalue weighted by Gasteiger charge is -2.42. The van der Waals surface area contributed by atoms with E-state index in [1.807, 2.05) is 6.07 Å². The van der Waals surface area contributed by atoms with Gasteiger partial charge in [0, 0.05) is 37.2 Å². The zero-order chi connectivity index (χ0) is 23.3. The second-order valence-electron chi connectivity index (χ2n) is 9.67. The Morgan fingerprint density at radius 3 is 2.55 bits per heavy atom. The first-order valence-electron chi connectivity index (χ1n) is 11.3. The minimum Gasteiger partial charge on any atom is -0.353 e. The van der Waals surface area contributed by atoms with Gasteiger partial charge in [0.2, 0.25) is 5.91 Å². The zero-order valence-corrected chi connectivity index (χ0v) is 19.1. The van der Waals surface area contributed by atoms with Gasteiger partial charge in [-0.3, -0.25) is 13.6 Å². The molecule has 0 radical (unpaired) electrons. The van der Waals surface area contributed by atoms with Crippen LogP contribution in [0.3, 0.4) is 0 Å². The molecule has 2 aromatic rings. The van der Waals surface area contributed by atoms with Gasteiger partial charge in [-0.25, -0.2) is 14.7 Å². The first-order chi connectivity index (χ1) is 15.8. The molecule has 1 amide bonds. The number of aromatic amines is 1. The molecule has 1 spiro atoms. The highest BCUT2D eigenvalue weighted by atomic mass is 32.2. The predicted octanol–water partition coefficient (Wildman–Crippen LogP) is 2.09. The highest BCUT2D eigenvalue weighted by Gasteiger charge is 2.56. The lowest BCUT2D eigenvalue weighted by Crippen LogP contribution is -2.60. The fraction of sp³-hybridized carbons (Fsp3) is 0.667. The van der Waals surface area contributed by atoms with Gasteiger partial charge in [0.25, 0.3) is 0 Å². The summed E-state index contributed by atoms with van der Waals surface area (Å²) in [6.45, 7) is -0.365. The molecule has 3 heterocycles. The average molecular weight is 483 g/mol. The summed E-state index contributed by atoms with van der Waals surface area (Å²) in [7, 11) is -4.03. The summed E-state index contributed by atoms with van der Waals surface area (Å²) in [4.78, 5) is 26.5. The first-order valence-corrected chi connectivity index (χ1v) is 12.7. The number of amides is 1. The van der Waals surface area contributed by atoms with Crippen molar-refractivity contribution in [2.24, 2.45) is 11.3 Å². The fourth-order valence-corrected chi connectivity index (χ4v) is 6.84. The van der Waals surface area contributed by atoms with Crippen LogP contribution < -0.4 is 9.62 Å². The van der Waals surface area contributed by atoms with Gasteiger partial charge in [-0.05, 0) is 44.6 Å². The second-order valence-corrected chi connectivity index (χ2v) is 11.3. The maximum atomic E-state index is 13.2. The molecule has 1 saturated heterocycles. The molecule has 2 aliphatic carbocycles. The third kappa shape index (κ3) is 3.96. The molecule has 9 nitrogen and oxygen atoms in total. The van der Waals surface area contributed by atoms with Crippen LogP contribution in [0.5, 0.6) is 0 Å². The highest BCUT2D eigenvalue weighted by molar-refractivity contribution is 7.87. The third-order valence-corrected chi connectivity index (χ3v) is 9.16. The summed E-state index contributed by atoms with van der Waals surface area (Å²) in [5.41, 5.74) is -0.859. The topological polar surface area (TPSA) is 111 Å². The molecule has 2 N–H and O–H groups in total. The smallest absolute Gasteiger partial charge is 0.304 e. The average Bonchev–Trinajstić information content (AvgIpc) is 3.39. The Morgan fingerprint density at radius 1 is 1.15 bits per heavy atom. The highest BCUT2D eigenvalue weighted by Crippen LogP contribution is 2.47. The van der Waals surface area contributed by atoms with Crippen molar-refractivity contribution in [1.82, 2.24) is 24.0 Å². The molecule has 3 aliphatic rings. The Bertz CT molecular complexity index is 1140. The Kier molecular flexibility index (Phi) is 5.55. The van der Waals surface area contributed by atoms with E-state index in [2.05, 4.69) is 24.6 Å². The van der Waals surface area contributed by atoms with Crippen LogP contribution in [0.2, 0.25) is 0 Å². The van der Waals surface area contributed by atoms with Crippen LogP contribution in [0, 0.1) is 11.3 Å². The molecule has 0 aromatic carbocycles. The van der Waals surface area contributed by atoms with E-state index in [4.69, 9.17) is 0 Å². The number of hydrogen-bond acceptors (Lipinski definition) is 6. The van der Waals surface area contributed by atoms with Crippen LogP contribution in [0.1, 0.15) is 38.5 Å². The Labute approximate surface area is 191 Å². The van der Waals surface area contributed by atoms with Crippen LogP contribution in [0.4, 0.5) is 14.6 Å². The van der Waals surface area contributed by atoms with Gasteiger partial charge in [-0.2, -0.15) is 12.7 Å². The number of rotatable bonds is 6. The van der Waals surface area contributed by atoms with Crippen molar-refractivity contribution in [3.63, 3.8) is 0 Å². The molecule has 33 heavy (non-hydrogen) atoms. The summed E-state index contributed by atoms with van der Waals surface area (Å²) in [6.07, 6.45) is 5.76. The molecule has 2 saturated carbocycles. The SMILES string of the molecule is O=C(NS(=O)(=O)N1CCN(c2ncnc3[nH]ccc23)CC12CC2)C1CCC(CF)(CF)CC1. The van der Waals surface area contributed by atoms with E-state index in [0.717, 1.165) is 16.9 Å². The third-order valence-electron chi connectivity index (χ3n) is 7.55. The van der Waals surface area contributed by atoms with Crippen molar-refractivity contribution < 1.29 is 22.0 Å². The maximum absolute atomic E-state index is 13.2. The number of fused-ring (bicyclic) bond motifs is 1. The summed E-state index contributed by atoms with van der Waals surface area (Å²) in [5.74, 6) is -0.366. The van der Waals surface area contributed by atoms with E-state index >= 15 is 0 Å². The number of alkyl halides is 2. The maximum Gasteiger partial charge on any atom is 0.304 e. The second kappa shape index (κ2) is 8.15. The van der Waals surface area contributed by atoms with Crippen molar-refractivity contribution in [3.05, 3.63) is 18.6 Å². The lowest BCUT2D eigenvalue weighted by atomic mass is 9.72. The standard InChI is InChI=1S/C21H28F2N6O3S/c22-11-20(12-23)4-1-15(2-5-20)19(30)27-33(31,32)29-10-9-28(13-21(29)6-7-21)18-16-3-8-24-17(16)25-14-26-18/h3,8,14-15H,1-2,4-7,9-13H2,(H,27,30)(H,24,25,26). The number of nitrogens with one attached hydrogen (secondary N) is 2. The molecular weight excluding hydrogens is 454 g/mol. The van der Waals surface area contributed by atoms with Gasteiger partial charge in [0.1, 0.15) is 17.8 Å². The predicted molar refractivity (Wildman–Crippen MR) is 118 cm³/mol. The van der Waals surface area contributed by atoms with Gasteiger partial charge in [-0.15, -0.1) is 0 Å². The van der Waals surface area contributed by atoms with Gasteiger partial charge in [0.05, 0.1) is 24.3 Å². The van der Waals surface area contributed by atoms with Crippen molar-refractivity contribution >= 4 is 33.0 Å². The van der Waals surface area contributed by atoms with Crippen molar-refractivity contribution in [2.75, 3.05) is 37.9 Å². The normalized spacial score (nSPS) is 23.2. The minimum atomic E-state index is -4.03. The van der Waals surface area contributed by atoms with Crippen molar-refractivity contribution in [1.29, 1.82) is 0 Å². The number of H-pyrrole nitrogens is 1. The number of carbonyl (C=O) groups is 1.